The molecule has 0 aromatic carbocycles. The first-order chi connectivity index (χ1) is 8.71. The van der Waals surface area contributed by atoms with Crippen LogP contribution in [0.3, 0.4) is 0 Å². The van der Waals surface area contributed by atoms with Crippen molar-refractivity contribution in [1.82, 2.24) is 14.9 Å². The monoisotopic (exact) mass is 287 g/mol. The zero-order valence-electron chi connectivity index (χ0n) is 11.8. The smallest absolute Gasteiger partial charge is 0.244 e. The molecule has 0 aliphatic carbocycles. The van der Waals surface area contributed by atoms with Gasteiger partial charge in [-0.3, -0.25) is 5.10 Å². The maximum absolute atomic E-state index is 12.4. The predicted octanol–water partition coefficient (Wildman–Crippen LogP) is 1.26. The Hall–Kier alpha value is -0.920. The lowest BCUT2D eigenvalue weighted by Gasteiger charge is -2.35. The van der Waals surface area contributed by atoms with Gasteiger partial charge in [-0.05, 0) is 40.5 Å². The lowest BCUT2D eigenvalue weighted by molar-refractivity contribution is -0.0599. The second-order valence-electron chi connectivity index (χ2n) is 5.68. The van der Waals surface area contributed by atoms with E-state index >= 15 is 0 Å². The highest BCUT2D eigenvalue weighted by atomic mass is 32.2. The molecule has 1 saturated heterocycles. The lowest BCUT2D eigenvalue weighted by atomic mass is 9.95. The zero-order chi connectivity index (χ0) is 14.3. The summed E-state index contributed by atoms with van der Waals surface area (Å²) in [4.78, 5) is 0.261. The number of ether oxygens (including phenoxy) is 1. The van der Waals surface area contributed by atoms with Crippen LogP contribution in [0.4, 0.5) is 0 Å². The number of aromatic nitrogens is 2. The summed E-state index contributed by atoms with van der Waals surface area (Å²) in [7, 11) is -3.53. The van der Waals surface area contributed by atoms with Gasteiger partial charge in [0.05, 0.1) is 17.0 Å². The number of aromatic amines is 1. The van der Waals surface area contributed by atoms with Crippen molar-refractivity contribution in [3.05, 3.63) is 11.4 Å². The van der Waals surface area contributed by atoms with E-state index < -0.39 is 10.0 Å². The molecule has 1 aromatic heterocycles. The molecular weight excluding hydrogens is 266 g/mol. The van der Waals surface area contributed by atoms with Crippen molar-refractivity contribution in [2.24, 2.45) is 0 Å². The second kappa shape index (κ2) is 4.88. The van der Waals surface area contributed by atoms with Crippen molar-refractivity contribution in [2.45, 2.75) is 57.1 Å². The first-order valence-corrected chi connectivity index (χ1v) is 7.87. The van der Waals surface area contributed by atoms with Gasteiger partial charge in [0.2, 0.25) is 10.0 Å². The maximum Gasteiger partial charge on any atom is 0.244 e. The van der Waals surface area contributed by atoms with E-state index in [-0.39, 0.29) is 16.5 Å². The van der Waals surface area contributed by atoms with Crippen molar-refractivity contribution < 1.29 is 13.2 Å². The maximum atomic E-state index is 12.4. The molecule has 1 aliphatic rings. The molecule has 1 aliphatic heterocycles. The summed E-state index contributed by atoms with van der Waals surface area (Å²) in [6, 6.07) is -0.0950. The third-order valence-corrected chi connectivity index (χ3v) is 5.13. The number of sulfonamides is 1. The molecule has 0 spiro atoms. The predicted molar refractivity (Wildman–Crippen MR) is 71.4 cm³/mol. The van der Waals surface area contributed by atoms with Gasteiger partial charge in [-0.15, -0.1) is 0 Å². The summed E-state index contributed by atoms with van der Waals surface area (Å²) in [6.45, 7) is 7.92. The Bertz CT molecular complexity index is 543. The lowest BCUT2D eigenvalue weighted by Crippen LogP contribution is -2.45. The van der Waals surface area contributed by atoms with Gasteiger partial charge in [0, 0.05) is 12.6 Å². The Morgan fingerprint density at radius 3 is 2.63 bits per heavy atom. The minimum Gasteiger partial charge on any atom is -0.375 e. The number of H-pyrrole nitrogens is 1. The summed E-state index contributed by atoms with van der Waals surface area (Å²) in [5, 5.41) is 6.64. The van der Waals surface area contributed by atoms with Crippen molar-refractivity contribution >= 4 is 10.0 Å². The van der Waals surface area contributed by atoms with Gasteiger partial charge < -0.3 is 4.74 Å². The summed E-state index contributed by atoms with van der Waals surface area (Å²) in [5.74, 6) is 0. The van der Waals surface area contributed by atoms with Crippen molar-refractivity contribution in [1.29, 1.82) is 0 Å². The first-order valence-electron chi connectivity index (χ1n) is 6.39. The van der Waals surface area contributed by atoms with Crippen LogP contribution >= 0.6 is 0 Å². The second-order valence-corrected chi connectivity index (χ2v) is 7.33. The number of nitrogens with one attached hydrogen (secondary N) is 2. The Morgan fingerprint density at radius 1 is 1.42 bits per heavy atom. The van der Waals surface area contributed by atoms with Crippen LogP contribution in [-0.4, -0.2) is 36.9 Å². The van der Waals surface area contributed by atoms with Crippen LogP contribution in [-0.2, 0) is 14.8 Å². The van der Waals surface area contributed by atoms with Crippen molar-refractivity contribution in [3.8, 4) is 0 Å². The fourth-order valence-corrected chi connectivity index (χ4v) is 4.19. The van der Waals surface area contributed by atoms with E-state index in [9.17, 15) is 8.42 Å². The molecule has 108 valence electrons. The van der Waals surface area contributed by atoms with E-state index in [0.717, 1.165) is 0 Å². The standard InChI is InChI=1S/C12H21N3O3S/c1-8-11(9(2)14-13-8)19(16,17)15-10-5-6-18-12(3,4)7-10/h10,15H,5-7H2,1-4H3,(H,13,14). The van der Waals surface area contributed by atoms with Gasteiger partial charge in [-0.1, -0.05) is 0 Å². The van der Waals surface area contributed by atoms with E-state index in [0.29, 0.717) is 30.8 Å². The molecule has 2 N–H and O–H groups in total. The van der Waals surface area contributed by atoms with Crippen LogP contribution in [0, 0.1) is 13.8 Å². The van der Waals surface area contributed by atoms with E-state index in [4.69, 9.17) is 4.74 Å². The van der Waals surface area contributed by atoms with Crippen LogP contribution in [0.2, 0.25) is 0 Å². The molecule has 1 unspecified atom stereocenters. The quantitative estimate of drug-likeness (QED) is 0.876. The molecule has 0 amide bonds. The number of hydrogen-bond acceptors (Lipinski definition) is 4. The topological polar surface area (TPSA) is 84.1 Å². The number of aryl methyl sites for hydroxylation is 2. The summed E-state index contributed by atoms with van der Waals surface area (Å²) >= 11 is 0. The van der Waals surface area contributed by atoms with Crippen LogP contribution < -0.4 is 4.72 Å². The normalized spacial score (nSPS) is 23.5. The number of nitrogens with zero attached hydrogens (tertiary/aromatic N) is 1. The van der Waals surface area contributed by atoms with E-state index in [2.05, 4.69) is 14.9 Å². The van der Waals surface area contributed by atoms with Crippen LogP contribution in [0.5, 0.6) is 0 Å². The molecule has 2 rings (SSSR count). The minimum atomic E-state index is -3.53. The summed E-state index contributed by atoms with van der Waals surface area (Å²) in [5.41, 5.74) is 0.777. The molecule has 19 heavy (non-hydrogen) atoms. The highest BCUT2D eigenvalue weighted by molar-refractivity contribution is 7.89. The average molecular weight is 287 g/mol. The zero-order valence-corrected chi connectivity index (χ0v) is 12.6. The largest absolute Gasteiger partial charge is 0.375 e. The highest BCUT2D eigenvalue weighted by Gasteiger charge is 2.33. The summed E-state index contributed by atoms with van der Waals surface area (Å²) in [6.07, 6.45) is 1.36. The van der Waals surface area contributed by atoms with Crippen LogP contribution in [0.1, 0.15) is 38.1 Å². The van der Waals surface area contributed by atoms with Gasteiger partial charge in [0.1, 0.15) is 4.90 Å². The Kier molecular flexibility index (Phi) is 3.72. The molecule has 1 aromatic rings. The first kappa shape index (κ1) is 14.5. The fraction of sp³-hybridized carbons (Fsp3) is 0.750. The van der Waals surface area contributed by atoms with E-state index in [1.54, 1.807) is 13.8 Å². The molecule has 0 saturated carbocycles. The van der Waals surface area contributed by atoms with Gasteiger partial charge in [0.25, 0.3) is 0 Å². The minimum absolute atomic E-state index is 0.0950. The van der Waals surface area contributed by atoms with Gasteiger partial charge in [-0.25, -0.2) is 13.1 Å². The summed E-state index contributed by atoms with van der Waals surface area (Å²) < 4.78 is 33.2. The Morgan fingerprint density at radius 2 is 2.11 bits per heavy atom. The highest BCUT2D eigenvalue weighted by Crippen LogP contribution is 2.26. The van der Waals surface area contributed by atoms with Gasteiger partial charge in [0.15, 0.2) is 0 Å². The van der Waals surface area contributed by atoms with Gasteiger partial charge >= 0.3 is 0 Å². The number of rotatable bonds is 3. The van der Waals surface area contributed by atoms with Gasteiger partial charge in [-0.2, -0.15) is 5.10 Å². The number of hydrogen-bond donors (Lipinski definition) is 2. The Balaban J connectivity index is 2.18. The molecule has 1 atom stereocenters. The third-order valence-electron chi connectivity index (χ3n) is 3.35. The van der Waals surface area contributed by atoms with Crippen LogP contribution in [0.15, 0.2) is 4.90 Å². The molecule has 7 heteroatoms. The van der Waals surface area contributed by atoms with Crippen molar-refractivity contribution in [3.63, 3.8) is 0 Å². The SMILES string of the molecule is Cc1n[nH]c(C)c1S(=O)(=O)NC1CCOC(C)(C)C1. The molecule has 0 radical (unpaired) electrons. The van der Waals surface area contributed by atoms with E-state index in [1.165, 1.54) is 0 Å². The molecule has 6 nitrogen and oxygen atoms in total. The Labute approximate surface area is 114 Å². The average Bonchev–Trinajstić information content (AvgIpc) is 2.56. The fourth-order valence-electron chi connectivity index (χ4n) is 2.55. The molecule has 2 heterocycles. The van der Waals surface area contributed by atoms with Crippen LogP contribution in [0.25, 0.3) is 0 Å². The van der Waals surface area contributed by atoms with Crippen molar-refractivity contribution in [2.75, 3.05) is 6.61 Å². The third kappa shape index (κ3) is 3.16. The molecule has 0 bridgehead atoms. The van der Waals surface area contributed by atoms with E-state index in [1.807, 2.05) is 13.8 Å². The molecular formula is C12H21N3O3S. The molecule has 1 fully saturated rings.